The summed E-state index contributed by atoms with van der Waals surface area (Å²) in [5.41, 5.74) is -0.262. The molecule has 9 heteroatoms. The van der Waals surface area contributed by atoms with Crippen LogP contribution < -0.4 is 5.32 Å². The third-order valence-electron chi connectivity index (χ3n) is 5.87. The van der Waals surface area contributed by atoms with Gasteiger partial charge in [0.2, 0.25) is 11.9 Å². The average molecular weight is 402 g/mol. The lowest BCUT2D eigenvalue weighted by Gasteiger charge is -2.35. The van der Waals surface area contributed by atoms with Crippen LogP contribution in [0, 0.1) is 11.6 Å². The Morgan fingerprint density at radius 1 is 1.24 bits per heavy atom. The Balaban J connectivity index is 1.41. The number of anilines is 1. The highest BCUT2D eigenvalue weighted by Crippen LogP contribution is 2.56. The molecule has 1 N–H and O–H groups in total. The SMILES string of the molecule is O=C(CN1C[C@@]2(CC2F)c2c(ccc(C3CC3)c2F)C1=O)Nc1ncc(F)cn1. The highest BCUT2D eigenvalue weighted by Gasteiger charge is 2.62. The molecule has 6 nitrogen and oxygen atoms in total. The van der Waals surface area contributed by atoms with Gasteiger partial charge in [-0.05, 0) is 36.8 Å². The first-order chi connectivity index (χ1) is 13.9. The number of benzene rings is 1. The molecule has 150 valence electrons. The molecular weight excluding hydrogens is 385 g/mol. The van der Waals surface area contributed by atoms with Crippen molar-refractivity contribution in [2.75, 3.05) is 18.4 Å². The van der Waals surface area contributed by atoms with Crippen molar-refractivity contribution in [3.05, 3.63) is 52.9 Å². The molecule has 0 saturated heterocycles. The molecule has 2 fully saturated rings. The fourth-order valence-electron chi connectivity index (χ4n) is 4.15. The number of carbonyl (C=O) groups excluding carboxylic acids is 2. The predicted molar refractivity (Wildman–Crippen MR) is 96.1 cm³/mol. The molecule has 0 bridgehead atoms. The summed E-state index contributed by atoms with van der Waals surface area (Å²) < 4.78 is 42.5. The van der Waals surface area contributed by atoms with E-state index in [1.54, 1.807) is 12.1 Å². The predicted octanol–water partition coefficient (Wildman–Crippen LogP) is 2.71. The van der Waals surface area contributed by atoms with Crippen LogP contribution in [0.4, 0.5) is 19.1 Å². The Kier molecular flexibility index (Phi) is 3.91. The van der Waals surface area contributed by atoms with Crippen LogP contribution >= 0.6 is 0 Å². The Hall–Kier alpha value is -2.97. The number of fused-ring (bicyclic) bond motifs is 2. The number of alkyl halides is 1. The molecule has 1 unspecified atom stereocenters. The van der Waals surface area contributed by atoms with Crippen LogP contribution in [0.15, 0.2) is 24.5 Å². The fourth-order valence-corrected chi connectivity index (χ4v) is 4.15. The van der Waals surface area contributed by atoms with Gasteiger partial charge < -0.3 is 4.90 Å². The van der Waals surface area contributed by atoms with Crippen LogP contribution in [-0.4, -0.2) is 45.9 Å². The highest BCUT2D eigenvalue weighted by molar-refractivity contribution is 6.01. The summed E-state index contributed by atoms with van der Waals surface area (Å²) in [7, 11) is 0. The Morgan fingerprint density at radius 3 is 2.55 bits per heavy atom. The molecule has 2 amide bonds. The van der Waals surface area contributed by atoms with E-state index in [1.165, 1.54) is 4.90 Å². The lowest BCUT2D eigenvalue weighted by Crippen LogP contribution is -2.48. The molecule has 2 aromatic rings. The van der Waals surface area contributed by atoms with Gasteiger partial charge in [0.05, 0.1) is 17.8 Å². The molecule has 2 heterocycles. The van der Waals surface area contributed by atoms with Crippen molar-refractivity contribution in [1.29, 1.82) is 0 Å². The summed E-state index contributed by atoms with van der Waals surface area (Å²) in [6, 6.07) is 3.15. The fraction of sp³-hybridized carbons (Fsp3) is 0.400. The number of nitrogens with zero attached hydrogens (tertiary/aromatic N) is 3. The number of rotatable bonds is 4. The number of hydrogen-bond acceptors (Lipinski definition) is 4. The standard InChI is InChI=1S/C20H17F3N4O2/c21-11-6-24-19(25-7-11)26-15(28)8-27-9-20(5-14(20)22)16-13(18(27)29)4-3-12(17(16)23)10-1-2-10/h3-4,6-7,10,14H,1-2,5,8-9H2,(H,24,25,26,28)/t14?,20-/m1/s1. The van der Waals surface area contributed by atoms with E-state index in [0.29, 0.717) is 5.56 Å². The van der Waals surface area contributed by atoms with Crippen LogP contribution in [-0.2, 0) is 10.2 Å². The third-order valence-corrected chi connectivity index (χ3v) is 5.87. The van der Waals surface area contributed by atoms with Crippen LogP contribution in [0.25, 0.3) is 0 Å². The van der Waals surface area contributed by atoms with E-state index in [4.69, 9.17) is 0 Å². The summed E-state index contributed by atoms with van der Waals surface area (Å²) in [6.07, 6.45) is 2.46. The Bertz CT molecular complexity index is 1030. The average Bonchev–Trinajstić information content (AvgIpc) is 3.60. The van der Waals surface area contributed by atoms with Gasteiger partial charge >= 0.3 is 0 Å². The second-order valence-corrected chi connectivity index (χ2v) is 7.93. The quantitative estimate of drug-likeness (QED) is 0.853. The van der Waals surface area contributed by atoms with Crippen LogP contribution in [0.5, 0.6) is 0 Å². The van der Waals surface area contributed by atoms with Crippen LogP contribution in [0.1, 0.15) is 46.7 Å². The maximum atomic E-state index is 15.2. The Labute approximate surface area is 164 Å². The molecule has 5 rings (SSSR count). The van der Waals surface area contributed by atoms with E-state index in [2.05, 4.69) is 15.3 Å². The maximum Gasteiger partial charge on any atom is 0.254 e. The van der Waals surface area contributed by atoms with Gasteiger partial charge in [-0.3, -0.25) is 14.9 Å². The van der Waals surface area contributed by atoms with E-state index in [1.807, 2.05) is 0 Å². The number of nitrogens with one attached hydrogen (secondary N) is 1. The van der Waals surface area contributed by atoms with Gasteiger partial charge in [-0.25, -0.2) is 23.1 Å². The van der Waals surface area contributed by atoms with Crippen molar-refractivity contribution in [3.63, 3.8) is 0 Å². The van der Waals surface area contributed by atoms with Gasteiger partial charge in [-0.15, -0.1) is 0 Å². The lowest BCUT2D eigenvalue weighted by atomic mass is 9.83. The first-order valence-corrected chi connectivity index (χ1v) is 9.42. The zero-order valence-corrected chi connectivity index (χ0v) is 15.3. The smallest absolute Gasteiger partial charge is 0.254 e. The van der Waals surface area contributed by atoms with E-state index in [0.717, 1.165) is 25.2 Å². The van der Waals surface area contributed by atoms with Gasteiger partial charge in [0.1, 0.15) is 18.5 Å². The summed E-state index contributed by atoms with van der Waals surface area (Å²) in [4.78, 5) is 33.7. The molecule has 2 atom stereocenters. The van der Waals surface area contributed by atoms with E-state index in [-0.39, 0.29) is 42.5 Å². The van der Waals surface area contributed by atoms with Crippen LogP contribution in [0.2, 0.25) is 0 Å². The van der Waals surface area contributed by atoms with E-state index in [9.17, 15) is 18.4 Å². The minimum atomic E-state index is -1.26. The molecule has 0 radical (unpaired) electrons. The highest BCUT2D eigenvalue weighted by atomic mass is 19.1. The number of hydrogen-bond donors (Lipinski definition) is 1. The summed E-state index contributed by atoms with van der Waals surface area (Å²) in [5.74, 6) is -2.20. The van der Waals surface area contributed by atoms with Gasteiger partial charge in [-0.1, -0.05) is 6.07 Å². The maximum absolute atomic E-state index is 15.2. The molecule has 1 spiro atoms. The van der Waals surface area contributed by atoms with Gasteiger partial charge in [0.15, 0.2) is 5.82 Å². The number of amides is 2. The van der Waals surface area contributed by atoms with Crippen molar-refractivity contribution in [2.24, 2.45) is 0 Å². The molecule has 3 aliphatic rings. The van der Waals surface area contributed by atoms with Crippen molar-refractivity contribution < 1.29 is 22.8 Å². The summed E-state index contributed by atoms with van der Waals surface area (Å²) in [6.45, 7) is -0.428. The molecule has 2 saturated carbocycles. The van der Waals surface area contributed by atoms with Crippen LogP contribution in [0.3, 0.4) is 0 Å². The second-order valence-electron chi connectivity index (χ2n) is 7.93. The largest absolute Gasteiger partial charge is 0.328 e. The molecule has 2 aliphatic carbocycles. The number of carbonyl (C=O) groups is 2. The number of halogens is 3. The van der Waals surface area contributed by atoms with Crippen molar-refractivity contribution in [2.45, 2.75) is 36.8 Å². The summed E-state index contributed by atoms with van der Waals surface area (Å²) in [5, 5.41) is 2.37. The molecule has 1 aromatic carbocycles. The number of aromatic nitrogens is 2. The van der Waals surface area contributed by atoms with Gasteiger partial charge in [0, 0.05) is 17.7 Å². The van der Waals surface area contributed by atoms with Gasteiger partial charge in [0.25, 0.3) is 5.91 Å². The first kappa shape index (κ1) is 18.1. The van der Waals surface area contributed by atoms with Crippen molar-refractivity contribution in [3.8, 4) is 0 Å². The second kappa shape index (κ2) is 6.27. The first-order valence-electron chi connectivity index (χ1n) is 9.42. The Morgan fingerprint density at radius 2 is 1.93 bits per heavy atom. The van der Waals surface area contributed by atoms with E-state index >= 15 is 4.39 Å². The molecule has 29 heavy (non-hydrogen) atoms. The monoisotopic (exact) mass is 402 g/mol. The van der Waals surface area contributed by atoms with E-state index < -0.39 is 35.0 Å². The van der Waals surface area contributed by atoms with Crippen molar-refractivity contribution >= 4 is 17.8 Å². The molecule has 1 aromatic heterocycles. The molecular formula is C20H17F3N4O2. The minimum Gasteiger partial charge on any atom is -0.328 e. The minimum absolute atomic E-state index is 0.0667. The third kappa shape index (κ3) is 2.95. The lowest BCUT2D eigenvalue weighted by molar-refractivity contribution is -0.117. The summed E-state index contributed by atoms with van der Waals surface area (Å²) >= 11 is 0. The molecule has 1 aliphatic heterocycles. The topological polar surface area (TPSA) is 75.2 Å². The normalized spacial score (nSPS) is 25.1. The van der Waals surface area contributed by atoms with Crippen molar-refractivity contribution in [1.82, 2.24) is 14.9 Å². The van der Waals surface area contributed by atoms with Gasteiger partial charge in [-0.2, -0.15) is 0 Å². The zero-order valence-electron chi connectivity index (χ0n) is 15.3. The zero-order chi connectivity index (χ0) is 20.3.